The molecular weight excluding hydrogens is 546 g/mol. The van der Waals surface area contributed by atoms with E-state index in [-0.39, 0.29) is 21.2 Å². The summed E-state index contributed by atoms with van der Waals surface area (Å²) in [5, 5.41) is 3.43. The Balaban J connectivity index is 1.64. The van der Waals surface area contributed by atoms with E-state index in [4.69, 9.17) is 32.8 Å². The Hall–Kier alpha value is -2.55. The van der Waals surface area contributed by atoms with Crippen molar-refractivity contribution >= 4 is 51.0 Å². The summed E-state index contributed by atoms with van der Waals surface area (Å²) in [7, 11) is 0. The third-order valence-corrected chi connectivity index (χ3v) is 6.09. The predicted octanol–water partition coefficient (Wildman–Crippen LogP) is 7.77. The van der Waals surface area contributed by atoms with E-state index in [1.165, 1.54) is 12.1 Å². The van der Waals surface area contributed by atoms with Gasteiger partial charge in [0.15, 0.2) is 0 Å². The molecule has 4 rings (SSSR count). The van der Waals surface area contributed by atoms with Crippen molar-refractivity contribution in [1.82, 2.24) is 0 Å². The van der Waals surface area contributed by atoms with Crippen LogP contribution in [0.15, 0.2) is 76.4 Å². The molecular formula is C23H13BrCl2F3NO3. The van der Waals surface area contributed by atoms with Gasteiger partial charge in [0.05, 0.1) is 12.0 Å². The number of rotatable bonds is 3. The van der Waals surface area contributed by atoms with Gasteiger partial charge in [-0.15, -0.1) is 0 Å². The van der Waals surface area contributed by atoms with E-state index in [0.29, 0.717) is 10.0 Å². The molecule has 1 aliphatic heterocycles. The molecule has 1 aliphatic rings. The summed E-state index contributed by atoms with van der Waals surface area (Å²) in [6, 6.07) is 17.4. The molecule has 1 unspecified atom stereocenters. The van der Waals surface area contributed by atoms with Crippen LogP contribution in [-0.4, -0.2) is 18.0 Å². The molecule has 0 bridgehead atoms. The summed E-state index contributed by atoms with van der Waals surface area (Å²) in [4.78, 5) is 17.8. The number of nitrogens with zero attached hydrogens (tertiary/aromatic N) is 1. The van der Waals surface area contributed by atoms with Gasteiger partial charge in [0.25, 0.3) is 5.60 Å². The van der Waals surface area contributed by atoms with Gasteiger partial charge in [0.1, 0.15) is 0 Å². The minimum atomic E-state index is -4.90. The van der Waals surface area contributed by atoms with Crippen molar-refractivity contribution in [2.45, 2.75) is 18.2 Å². The second-order valence-corrected chi connectivity index (χ2v) is 8.88. The van der Waals surface area contributed by atoms with Gasteiger partial charge in [-0.2, -0.15) is 13.2 Å². The number of esters is 1. The van der Waals surface area contributed by atoms with Crippen LogP contribution in [0.5, 0.6) is 0 Å². The summed E-state index contributed by atoms with van der Waals surface area (Å²) in [5.74, 6) is -1.40. The average molecular weight is 559 g/mol. The molecule has 33 heavy (non-hydrogen) atoms. The van der Waals surface area contributed by atoms with Crippen molar-refractivity contribution in [3.8, 4) is 11.1 Å². The van der Waals surface area contributed by atoms with Crippen LogP contribution in [0.2, 0.25) is 10.0 Å². The Bertz CT molecular complexity index is 1230. The Morgan fingerprint density at radius 2 is 1.70 bits per heavy atom. The zero-order valence-corrected chi connectivity index (χ0v) is 19.6. The van der Waals surface area contributed by atoms with Gasteiger partial charge in [-0.05, 0) is 35.9 Å². The molecule has 3 aromatic carbocycles. The average Bonchev–Trinajstić information content (AvgIpc) is 3.19. The normalized spacial score (nSPS) is 17.9. The molecule has 0 radical (unpaired) electrons. The molecule has 170 valence electrons. The van der Waals surface area contributed by atoms with Crippen LogP contribution in [0.4, 0.5) is 13.2 Å². The van der Waals surface area contributed by atoms with Gasteiger partial charge in [0, 0.05) is 25.6 Å². The Morgan fingerprint density at radius 1 is 1.03 bits per heavy atom. The van der Waals surface area contributed by atoms with Crippen molar-refractivity contribution in [2.24, 2.45) is 5.16 Å². The first-order valence-corrected chi connectivity index (χ1v) is 11.0. The fourth-order valence-corrected chi connectivity index (χ4v) is 4.59. The monoisotopic (exact) mass is 557 g/mol. The van der Waals surface area contributed by atoms with Crippen LogP contribution in [0.1, 0.15) is 22.3 Å². The van der Waals surface area contributed by atoms with E-state index < -0.39 is 30.1 Å². The molecule has 3 aromatic rings. The number of oxime groups is 1. The van der Waals surface area contributed by atoms with Crippen LogP contribution in [0.3, 0.4) is 0 Å². The van der Waals surface area contributed by atoms with Crippen LogP contribution in [0, 0.1) is 0 Å². The predicted molar refractivity (Wildman–Crippen MR) is 122 cm³/mol. The molecule has 1 atom stereocenters. The van der Waals surface area contributed by atoms with E-state index >= 15 is 0 Å². The number of carbonyl (C=O) groups is 1. The maximum Gasteiger partial charge on any atom is 0.435 e. The van der Waals surface area contributed by atoms with E-state index in [1.54, 1.807) is 36.4 Å². The summed E-state index contributed by atoms with van der Waals surface area (Å²) in [6.07, 6.45) is -5.77. The zero-order valence-electron chi connectivity index (χ0n) is 16.5. The fourth-order valence-electron chi connectivity index (χ4n) is 3.47. The lowest BCUT2D eigenvalue weighted by Gasteiger charge is -2.29. The molecule has 4 nitrogen and oxygen atoms in total. The Labute approximate surface area is 205 Å². The number of hydrogen-bond acceptors (Lipinski definition) is 4. The second kappa shape index (κ2) is 9.00. The van der Waals surface area contributed by atoms with E-state index in [0.717, 1.165) is 17.7 Å². The SMILES string of the molecule is O=C(OC1=NOC(c2cc(Cl)cc(Cl)c2)(C(F)(F)F)C1)c1cccc(Br)c1-c1ccccc1. The number of halogens is 6. The third-order valence-electron chi connectivity index (χ3n) is 5.00. The topological polar surface area (TPSA) is 47.9 Å². The highest BCUT2D eigenvalue weighted by Crippen LogP contribution is 2.49. The third kappa shape index (κ3) is 4.60. The lowest BCUT2D eigenvalue weighted by atomic mass is 9.90. The van der Waals surface area contributed by atoms with E-state index in [2.05, 4.69) is 21.1 Å². The highest BCUT2D eigenvalue weighted by molar-refractivity contribution is 9.10. The first kappa shape index (κ1) is 23.6. The largest absolute Gasteiger partial charge is 0.435 e. The minimum Gasteiger partial charge on any atom is -0.404 e. The molecule has 1 heterocycles. The number of carbonyl (C=O) groups excluding carboxylic acids is 1. The van der Waals surface area contributed by atoms with Crippen molar-refractivity contribution in [2.75, 3.05) is 0 Å². The maximum absolute atomic E-state index is 14.1. The van der Waals surface area contributed by atoms with Crippen molar-refractivity contribution in [1.29, 1.82) is 0 Å². The highest BCUT2D eigenvalue weighted by atomic mass is 79.9. The molecule has 0 saturated carbocycles. The maximum atomic E-state index is 14.1. The van der Waals surface area contributed by atoms with Crippen LogP contribution >= 0.6 is 39.1 Å². The van der Waals surface area contributed by atoms with Crippen molar-refractivity contribution in [3.63, 3.8) is 0 Å². The molecule has 0 N–H and O–H groups in total. The first-order valence-electron chi connectivity index (χ1n) is 9.45. The fraction of sp³-hybridized carbons (Fsp3) is 0.130. The Kier molecular flexibility index (Phi) is 6.44. The first-order chi connectivity index (χ1) is 15.6. The van der Waals surface area contributed by atoms with Crippen LogP contribution < -0.4 is 0 Å². The molecule has 10 heteroatoms. The lowest BCUT2D eigenvalue weighted by Crippen LogP contribution is -2.43. The van der Waals surface area contributed by atoms with Crippen LogP contribution in [-0.2, 0) is 15.2 Å². The zero-order chi connectivity index (χ0) is 23.8. The summed E-state index contributed by atoms with van der Waals surface area (Å²) >= 11 is 15.2. The van der Waals surface area contributed by atoms with Gasteiger partial charge >= 0.3 is 12.1 Å². The van der Waals surface area contributed by atoms with Crippen molar-refractivity contribution in [3.05, 3.63) is 92.4 Å². The van der Waals surface area contributed by atoms with E-state index in [1.807, 2.05) is 6.07 Å². The van der Waals surface area contributed by atoms with E-state index in [9.17, 15) is 18.0 Å². The quantitative estimate of drug-likeness (QED) is 0.308. The number of benzene rings is 3. The van der Waals surface area contributed by atoms with Gasteiger partial charge in [0.2, 0.25) is 5.90 Å². The molecule has 0 aliphatic carbocycles. The molecule has 0 fully saturated rings. The minimum absolute atomic E-state index is 0.00296. The lowest BCUT2D eigenvalue weighted by molar-refractivity contribution is -0.275. The molecule has 0 amide bonds. The number of alkyl halides is 3. The number of hydrogen-bond donors (Lipinski definition) is 0. The summed E-state index contributed by atoms with van der Waals surface area (Å²) in [5.41, 5.74) is -1.84. The van der Waals surface area contributed by atoms with Gasteiger partial charge in [-0.3, -0.25) is 0 Å². The molecule has 0 aromatic heterocycles. The van der Waals surface area contributed by atoms with Crippen LogP contribution in [0.25, 0.3) is 11.1 Å². The summed E-state index contributed by atoms with van der Waals surface area (Å²) in [6.45, 7) is 0. The standard InChI is InChI=1S/C23H13BrCl2F3NO3/c24-18-8-4-7-17(20(18)13-5-2-1-3-6-13)21(31)32-19-12-22(33-30-19,23(27,28)29)14-9-15(25)11-16(26)10-14/h1-11H,12H2. The van der Waals surface area contributed by atoms with Gasteiger partial charge in [-0.25, -0.2) is 4.79 Å². The van der Waals surface area contributed by atoms with Gasteiger partial charge in [-0.1, -0.05) is 80.7 Å². The van der Waals surface area contributed by atoms with Gasteiger partial charge < -0.3 is 9.57 Å². The number of ether oxygens (including phenoxy) is 1. The summed E-state index contributed by atoms with van der Waals surface area (Å²) < 4.78 is 48.2. The Morgan fingerprint density at radius 3 is 2.33 bits per heavy atom. The highest BCUT2D eigenvalue weighted by Gasteiger charge is 2.63. The molecule has 0 saturated heterocycles. The second-order valence-electron chi connectivity index (χ2n) is 7.15. The molecule has 0 spiro atoms. The smallest absolute Gasteiger partial charge is 0.404 e. The van der Waals surface area contributed by atoms with Crippen molar-refractivity contribution < 1.29 is 27.5 Å².